The summed E-state index contributed by atoms with van der Waals surface area (Å²) in [5.41, 5.74) is 0. The third-order valence-corrected chi connectivity index (χ3v) is 9.44. The van der Waals surface area contributed by atoms with E-state index in [-0.39, 0.29) is 25.2 Å². The van der Waals surface area contributed by atoms with E-state index in [1.54, 1.807) is 0 Å². The van der Waals surface area contributed by atoms with Gasteiger partial charge in [-0.25, -0.2) is 0 Å². The van der Waals surface area contributed by atoms with Crippen molar-refractivity contribution in [2.75, 3.05) is 19.8 Å². The van der Waals surface area contributed by atoms with Crippen molar-refractivity contribution in [1.82, 2.24) is 0 Å². The Balaban J connectivity index is 4.30. The standard InChI is InChI=1S/C51H86O5/c1-4-7-10-13-16-19-21-23-24-25-26-27-29-31-34-37-40-43-46-54-47-49(56-51(53)45-42-39-36-32-18-15-12-9-6-3)48-55-50(52)44-41-38-35-33-30-28-22-20-17-14-11-8-5-2/h7-8,10-11,16-17,19-20,23-24,28,30,35,38,49H,4-6,9,12-15,18,21-22,25-27,29,31-34,36-37,39-48H2,1-3H3/b10-7-,11-8-,19-16-,20-17-,24-23-,30-28-,38-35-. The topological polar surface area (TPSA) is 61.8 Å². The second-order valence-corrected chi connectivity index (χ2v) is 14.9. The van der Waals surface area contributed by atoms with E-state index in [1.165, 1.54) is 83.5 Å². The smallest absolute Gasteiger partial charge is 0.306 e. The Hall–Kier alpha value is -2.92. The fourth-order valence-electron chi connectivity index (χ4n) is 6.07. The van der Waals surface area contributed by atoms with Crippen LogP contribution < -0.4 is 0 Å². The summed E-state index contributed by atoms with van der Waals surface area (Å²) in [7, 11) is 0. The molecule has 1 unspecified atom stereocenters. The minimum Gasteiger partial charge on any atom is -0.462 e. The van der Waals surface area contributed by atoms with E-state index in [2.05, 4.69) is 99.8 Å². The zero-order chi connectivity index (χ0) is 40.7. The largest absolute Gasteiger partial charge is 0.462 e. The number of esters is 2. The highest BCUT2D eigenvalue weighted by Gasteiger charge is 2.17. The van der Waals surface area contributed by atoms with Gasteiger partial charge in [-0.2, -0.15) is 0 Å². The molecule has 0 aliphatic rings. The first-order valence-electron chi connectivity index (χ1n) is 23.1. The Morgan fingerprint density at radius 1 is 0.411 bits per heavy atom. The Bertz CT molecular complexity index is 1060. The molecule has 0 N–H and O–H groups in total. The van der Waals surface area contributed by atoms with Gasteiger partial charge in [-0.15, -0.1) is 0 Å². The number of rotatable bonds is 41. The predicted molar refractivity (Wildman–Crippen MR) is 242 cm³/mol. The van der Waals surface area contributed by atoms with E-state index in [9.17, 15) is 9.59 Å². The Morgan fingerprint density at radius 2 is 0.839 bits per heavy atom. The van der Waals surface area contributed by atoms with Gasteiger partial charge < -0.3 is 14.2 Å². The number of hydrogen-bond donors (Lipinski definition) is 0. The van der Waals surface area contributed by atoms with E-state index in [4.69, 9.17) is 14.2 Å². The summed E-state index contributed by atoms with van der Waals surface area (Å²) in [5.74, 6) is -0.500. The average Bonchev–Trinajstić information content (AvgIpc) is 3.20. The first-order chi connectivity index (χ1) is 27.6. The minimum atomic E-state index is -0.568. The minimum absolute atomic E-state index is 0.0420. The summed E-state index contributed by atoms with van der Waals surface area (Å²) < 4.78 is 17.2. The van der Waals surface area contributed by atoms with E-state index >= 15 is 0 Å². The van der Waals surface area contributed by atoms with Crippen LogP contribution in [-0.4, -0.2) is 37.9 Å². The highest BCUT2D eigenvalue weighted by Crippen LogP contribution is 2.13. The second kappa shape index (κ2) is 46.5. The number of unbranched alkanes of at least 4 members (excludes halogenated alkanes) is 16. The van der Waals surface area contributed by atoms with Crippen LogP contribution in [0.4, 0.5) is 0 Å². The summed E-state index contributed by atoms with van der Waals surface area (Å²) in [4.78, 5) is 25.2. The number of ether oxygens (including phenoxy) is 3. The van der Waals surface area contributed by atoms with Crippen LogP contribution in [0.3, 0.4) is 0 Å². The molecule has 0 rings (SSSR count). The zero-order valence-electron chi connectivity index (χ0n) is 36.6. The number of hydrogen-bond acceptors (Lipinski definition) is 5. The van der Waals surface area contributed by atoms with Gasteiger partial charge in [0.05, 0.1) is 6.61 Å². The Labute approximate surface area is 346 Å². The maximum atomic E-state index is 12.7. The number of allylic oxidation sites excluding steroid dienone is 14. The molecule has 0 aliphatic heterocycles. The van der Waals surface area contributed by atoms with E-state index in [0.717, 1.165) is 77.0 Å². The van der Waals surface area contributed by atoms with Gasteiger partial charge in [0.15, 0.2) is 6.10 Å². The maximum absolute atomic E-state index is 12.7. The normalized spacial score (nSPS) is 13.0. The van der Waals surface area contributed by atoms with E-state index in [0.29, 0.717) is 25.9 Å². The summed E-state index contributed by atoms with van der Waals surface area (Å²) >= 11 is 0. The molecule has 56 heavy (non-hydrogen) atoms. The number of carbonyl (C=O) groups excluding carboxylic acids is 2. The Kier molecular flexibility index (Phi) is 44.0. The lowest BCUT2D eigenvalue weighted by Gasteiger charge is -2.18. The quantitative estimate of drug-likeness (QED) is 0.0351. The fourth-order valence-corrected chi connectivity index (χ4v) is 6.07. The molecule has 0 bridgehead atoms. The van der Waals surface area contributed by atoms with Crippen LogP contribution in [0, 0.1) is 0 Å². The highest BCUT2D eigenvalue weighted by molar-refractivity contribution is 5.70. The lowest BCUT2D eigenvalue weighted by Crippen LogP contribution is -2.30. The van der Waals surface area contributed by atoms with Gasteiger partial charge in [0.2, 0.25) is 0 Å². The summed E-state index contributed by atoms with van der Waals surface area (Å²) in [5, 5.41) is 0. The van der Waals surface area contributed by atoms with Gasteiger partial charge in [0.1, 0.15) is 6.61 Å². The molecule has 0 spiro atoms. The van der Waals surface area contributed by atoms with E-state index < -0.39 is 6.10 Å². The van der Waals surface area contributed by atoms with Crippen molar-refractivity contribution in [3.05, 3.63) is 85.1 Å². The second-order valence-electron chi connectivity index (χ2n) is 14.9. The van der Waals surface area contributed by atoms with Crippen LogP contribution in [0.5, 0.6) is 0 Å². The lowest BCUT2D eigenvalue weighted by atomic mass is 10.1. The van der Waals surface area contributed by atoms with Crippen LogP contribution in [-0.2, 0) is 23.8 Å². The number of carbonyl (C=O) groups is 2. The molecule has 5 nitrogen and oxygen atoms in total. The molecule has 1 atom stereocenters. The average molecular weight is 779 g/mol. The molecule has 0 saturated heterocycles. The molecule has 0 aromatic carbocycles. The molecule has 5 heteroatoms. The molecule has 0 heterocycles. The lowest BCUT2D eigenvalue weighted by molar-refractivity contribution is -0.162. The fraction of sp³-hybridized carbons (Fsp3) is 0.686. The molecule has 0 aliphatic carbocycles. The molecule has 0 aromatic heterocycles. The van der Waals surface area contributed by atoms with Crippen molar-refractivity contribution in [3.8, 4) is 0 Å². The van der Waals surface area contributed by atoms with Crippen LogP contribution >= 0.6 is 0 Å². The molecule has 0 aromatic rings. The van der Waals surface area contributed by atoms with Crippen LogP contribution in [0.15, 0.2) is 85.1 Å². The third kappa shape index (κ3) is 43.8. The van der Waals surface area contributed by atoms with Crippen molar-refractivity contribution in [2.45, 2.75) is 207 Å². The summed E-state index contributed by atoms with van der Waals surface area (Å²) in [6, 6.07) is 0. The van der Waals surface area contributed by atoms with Crippen LogP contribution in [0.2, 0.25) is 0 Å². The van der Waals surface area contributed by atoms with Gasteiger partial charge in [0, 0.05) is 19.4 Å². The van der Waals surface area contributed by atoms with Crippen molar-refractivity contribution in [1.29, 1.82) is 0 Å². The van der Waals surface area contributed by atoms with E-state index in [1.807, 2.05) is 6.08 Å². The van der Waals surface area contributed by atoms with Crippen molar-refractivity contribution >= 4 is 11.9 Å². The SMILES string of the molecule is CC/C=C\C/C=C\C/C=C\C/C=C\CCC(=O)OCC(COCCCCCCCCCC/C=C\C/C=C\C/C=C\CC)OC(=O)CCCCCCCCCCC. The molecule has 320 valence electrons. The van der Waals surface area contributed by atoms with Crippen molar-refractivity contribution in [2.24, 2.45) is 0 Å². The monoisotopic (exact) mass is 779 g/mol. The summed E-state index contributed by atoms with van der Waals surface area (Å²) in [6.07, 6.45) is 60.3. The first-order valence-corrected chi connectivity index (χ1v) is 23.1. The Morgan fingerprint density at radius 3 is 1.36 bits per heavy atom. The van der Waals surface area contributed by atoms with Crippen LogP contribution in [0.25, 0.3) is 0 Å². The van der Waals surface area contributed by atoms with Crippen LogP contribution in [0.1, 0.15) is 201 Å². The van der Waals surface area contributed by atoms with Gasteiger partial charge in [-0.3, -0.25) is 9.59 Å². The van der Waals surface area contributed by atoms with Crippen molar-refractivity contribution < 1.29 is 23.8 Å². The molecular weight excluding hydrogens is 693 g/mol. The molecule has 0 radical (unpaired) electrons. The molecule has 0 amide bonds. The molecule has 0 saturated carbocycles. The molecule has 0 fully saturated rings. The van der Waals surface area contributed by atoms with Gasteiger partial charge in [-0.05, 0) is 77.0 Å². The van der Waals surface area contributed by atoms with Crippen molar-refractivity contribution in [3.63, 3.8) is 0 Å². The maximum Gasteiger partial charge on any atom is 0.306 e. The summed E-state index contributed by atoms with van der Waals surface area (Å²) in [6.45, 7) is 7.48. The van der Waals surface area contributed by atoms with Gasteiger partial charge in [0.25, 0.3) is 0 Å². The third-order valence-electron chi connectivity index (χ3n) is 9.44. The van der Waals surface area contributed by atoms with Gasteiger partial charge >= 0.3 is 11.9 Å². The highest BCUT2D eigenvalue weighted by atomic mass is 16.6. The van der Waals surface area contributed by atoms with Gasteiger partial charge in [-0.1, -0.05) is 196 Å². The zero-order valence-corrected chi connectivity index (χ0v) is 36.6. The predicted octanol–water partition coefficient (Wildman–Crippen LogP) is 15.3. The molecular formula is C51H86O5. The first kappa shape index (κ1) is 53.1.